The van der Waals surface area contributed by atoms with E-state index in [4.69, 9.17) is 33.9 Å². The Labute approximate surface area is 227 Å². The molecule has 0 heterocycles. The van der Waals surface area contributed by atoms with Crippen LogP contribution in [0, 0.1) is 11.2 Å². The van der Waals surface area contributed by atoms with Gasteiger partial charge in [-0.25, -0.2) is 23.0 Å². The lowest BCUT2D eigenvalue weighted by molar-refractivity contribution is 0.283. The molecule has 0 aliphatic carbocycles. The average Bonchev–Trinajstić information content (AvgIpc) is 2.72. The Bertz CT molecular complexity index is 1090. The monoisotopic (exact) mass is 663 g/mol. The summed E-state index contributed by atoms with van der Waals surface area (Å²) in [7, 11) is -0.732. The number of ether oxygens (including phenoxy) is 1. The molecule has 2 aromatic rings. The molecule has 2 aromatic carbocycles. The fourth-order valence-corrected chi connectivity index (χ4v) is 5.03. The molecule has 0 aliphatic rings. The molecule has 0 spiro atoms. The zero-order valence-electron chi connectivity index (χ0n) is 17.5. The molecule has 0 amide bonds. The summed E-state index contributed by atoms with van der Waals surface area (Å²) in [5.41, 5.74) is 8.87. The van der Waals surface area contributed by atoms with Gasteiger partial charge in [0.15, 0.2) is 5.17 Å². The van der Waals surface area contributed by atoms with E-state index in [1.807, 2.05) is 0 Å². The number of amidine groups is 1. The predicted octanol–water partition coefficient (Wildman–Crippen LogP) is 3.77. The minimum Gasteiger partial charge on any atom is -0.465 e. The highest BCUT2D eigenvalue weighted by atomic mass is 79.9. The third-order valence-electron chi connectivity index (χ3n) is 3.91. The van der Waals surface area contributed by atoms with Gasteiger partial charge in [-0.1, -0.05) is 23.5 Å². The third-order valence-corrected chi connectivity index (χ3v) is 7.96. The van der Waals surface area contributed by atoms with Crippen molar-refractivity contribution in [3.8, 4) is 0 Å². The fourth-order valence-electron chi connectivity index (χ4n) is 2.36. The highest BCUT2D eigenvalue weighted by Gasteiger charge is 2.20. The van der Waals surface area contributed by atoms with Gasteiger partial charge in [0.25, 0.3) is 5.17 Å². The third kappa shape index (κ3) is 9.32. The first-order valence-corrected chi connectivity index (χ1v) is 12.3. The van der Waals surface area contributed by atoms with Gasteiger partial charge in [-0.05, 0) is 54.2 Å². The number of thioether (sulfide) groups is 1. The van der Waals surface area contributed by atoms with Crippen LogP contribution < -0.4 is 17.0 Å². The number of hydrogen-bond acceptors (Lipinski definition) is 8. The van der Waals surface area contributed by atoms with Gasteiger partial charge in [-0.2, -0.15) is 0 Å². The lowest BCUT2D eigenvalue weighted by Gasteiger charge is -2.16. The Balaban J connectivity index is 0.00000512. The number of nitrogens with zero attached hydrogens (tertiary/aromatic N) is 1. The summed E-state index contributed by atoms with van der Waals surface area (Å²) < 4.78 is 45.2. The number of halogens is 3. The van der Waals surface area contributed by atoms with E-state index in [0.29, 0.717) is 21.8 Å². The van der Waals surface area contributed by atoms with Gasteiger partial charge in [-0.3, -0.25) is 10.8 Å². The highest BCUT2D eigenvalue weighted by Crippen LogP contribution is 2.36. The van der Waals surface area contributed by atoms with Crippen molar-refractivity contribution in [1.29, 1.82) is 5.41 Å². The van der Waals surface area contributed by atoms with E-state index in [9.17, 15) is 12.8 Å². The summed E-state index contributed by atoms with van der Waals surface area (Å²) in [6.45, 7) is -0.00620. The van der Waals surface area contributed by atoms with E-state index < -0.39 is 15.8 Å². The van der Waals surface area contributed by atoms with Gasteiger partial charge in [0, 0.05) is 35.2 Å². The van der Waals surface area contributed by atoms with Crippen LogP contribution in [0.5, 0.6) is 0 Å². The Morgan fingerprint density at radius 2 is 1.79 bits per heavy atom. The standard InChI is InChI=1S/C18H22FN5O3S4.2BrH/c1-24(2)31(25,26)14-4-6-16(12(8-14)10-29-17(20)21)30-15-5-3-13(19)7-11(15)9-27-18(28)23-22;;/h3-8H,9-10,22H2,1-2H3,(H3,20,21)(H,23,28);2*1H. The van der Waals surface area contributed by atoms with Crippen molar-refractivity contribution in [3.63, 3.8) is 0 Å². The summed E-state index contributed by atoms with van der Waals surface area (Å²) in [4.78, 5) is 1.56. The SMILES string of the molecule is Br.Br.CN(C)S(=O)(=O)c1ccc(Sc2ccc(F)cc2COC(=S)NN)c(CSC(=N)N)c1. The lowest BCUT2D eigenvalue weighted by atomic mass is 10.2. The van der Waals surface area contributed by atoms with Crippen LogP contribution in [0.15, 0.2) is 51.1 Å². The lowest BCUT2D eigenvalue weighted by Crippen LogP contribution is -2.30. The van der Waals surface area contributed by atoms with Crippen molar-refractivity contribution in [1.82, 2.24) is 9.73 Å². The van der Waals surface area contributed by atoms with Crippen molar-refractivity contribution >= 4 is 90.1 Å². The van der Waals surface area contributed by atoms with Crippen LogP contribution in [0.3, 0.4) is 0 Å². The van der Waals surface area contributed by atoms with Crippen LogP contribution in [-0.4, -0.2) is 37.2 Å². The minimum atomic E-state index is -3.64. The molecule has 0 fully saturated rings. The first kappa shape index (κ1) is 32.1. The number of sulfonamides is 1. The van der Waals surface area contributed by atoms with Crippen molar-refractivity contribution in [3.05, 3.63) is 53.3 Å². The summed E-state index contributed by atoms with van der Waals surface area (Å²) in [6, 6.07) is 8.99. The number of nitrogens with one attached hydrogen (secondary N) is 2. The second-order valence-electron chi connectivity index (χ2n) is 6.28. The van der Waals surface area contributed by atoms with Crippen molar-refractivity contribution in [2.75, 3.05) is 14.1 Å². The molecular weight excluding hydrogens is 641 g/mol. The van der Waals surface area contributed by atoms with Crippen molar-refractivity contribution in [2.45, 2.75) is 27.0 Å². The van der Waals surface area contributed by atoms with Gasteiger partial charge in [0.2, 0.25) is 10.0 Å². The molecule has 184 valence electrons. The molecule has 33 heavy (non-hydrogen) atoms. The summed E-state index contributed by atoms with van der Waals surface area (Å²) >= 11 is 7.25. The van der Waals surface area contributed by atoms with Crippen LogP contribution in [0.1, 0.15) is 11.1 Å². The molecule has 6 N–H and O–H groups in total. The van der Waals surface area contributed by atoms with Crippen LogP contribution >= 0.6 is 69.7 Å². The van der Waals surface area contributed by atoms with Gasteiger partial charge in [0.05, 0.1) is 4.90 Å². The molecule has 0 radical (unpaired) electrons. The van der Waals surface area contributed by atoms with E-state index in [1.54, 1.807) is 18.2 Å². The molecule has 0 atom stereocenters. The quantitative estimate of drug-likeness (QED) is 0.109. The second kappa shape index (κ2) is 14.5. The molecular formula is C18H24Br2FN5O3S4. The fraction of sp³-hybridized carbons (Fsp3) is 0.222. The number of thiocarbonyl (C=S) groups is 1. The van der Waals surface area contributed by atoms with Crippen LogP contribution in [0.2, 0.25) is 0 Å². The van der Waals surface area contributed by atoms with Gasteiger partial charge in [-0.15, -0.1) is 34.0 Å². The largest absolute Gasteiger partial charge is 0.465 e. The van der Waals surface area contributed by atoms with Gasteiger partial charge < -0.3 is 10.5 Å². The summed E-state index contributed by atoms with van der Waals surface area (Å²) in [6.07, 6.45) is 0. The van der Waals surface area contributed by atoms with Gasteiger partial charge in [0.1, 0.15) is 12.4 Å². The first-order chi connectivity index (χ1) is 14.5. The molecule has 8 nitrogen and oxygen atoms in total. The minimum absolute atomic E-state index is 0. The molecule has 0 unspecified atom stereocenters. The van der Waals surface area contributed by atoms with E-state index >= 15 is 0 Å². The van der Waals surface area contributed by atoms with E-state index in [1.165, 1.54) is 44.1 Å². The number of hydrogen-bond donors (Lipinski definition) is 4. The van der Waals surface area contributed by atoms with Crippen LogP contribution in [-0.2, 0) is 27.1 Å². The Morgan fingerprint density at radius 3 is 2.36 bits per heavy atom. The molecule has 0 saturated carbocycles. The average molecular weight is 665 g/mol. The van der Waals surface area contributed by atoms with Crippen molar-refractivity contribution in [2.24, 2.45) is 11.6 Å². The molecule has 0 aliphatic heterocycles. The van der Waals surface area contributed by atoms with Gasteiger partial charge >= 0.3 is 0 Å². The van der Waals surface area contributed by atoms with E-state index in [2.05, 4.69) is 5.43 Å². The molecule has 0 saturated heterocycles. The molecule has 15 heteroatoms. The zero-order chi connectivity index (χ0) is 23.2. The maximum Gasteiger partial charge on any atom is 0.271 e. The smallest absolute Gasteiger partial charge is 0.271 e. The van der Waals surface area contributed by atoms with E-state index in [-0.39, 0.29) is 55.8 Å². The Kier molecular flexibility index (Phi) is 14.0. The predicted molar refractivity (Wildman–Crippen MR) is 146 cm³/mol. The van der Waals surface area contributed by atoms with Crippen LogP contribution in [0.4, 0.5) is 4.39 Å². The topological polar surface area (TPSA) is 135 Å². The number of hydrazine groups is 1. The van der Waals surface area contributed by atoms with Crippen LogP contribution in [0.25, 0.3) is 0 Å². The molecule has 0 aromatic heterocycles. The maximum atomic E-state index is 13.8. The zero-order valence-corrected chi connectivity index (χ0v) is 24.2. The number of rotatable bonds is 8. The summed E-state index contributed by atoms with van der Waals surface area (Å²) in [5, 5.41) is 7.35. The Morgan fingerprint density at radius 1 is 1.18 bits per heavy atom. The van der Waals surface area contributed by atoms with E-state index in [0.717, 1.165) is 21.0 Å². The highest BCUT2D eigenvalue weighted by molar-refractivity contribution is 8.93. The Hall–Kier alpha value is -0.940. The second-order valence-corrected chi connectivity index (χ2v) is 10.9. The maximum absolute atomic E-state index is 13.8. The molecule has 0 bridgehead atoms. The summed E-state index contributed by atoms with van der Waals surface area (Å²) in [5.74, 6) is 5.06. The number of nitrogens with two attached hydrogens (primary N) is 2. The molecule has 2 rings (SSSR count). The normalized spacial score (nSPS) is 10.7. The van der Waals surface area contributed by atoms with Crippen molar-refractivity contribution < 1.29 is 17.5 Å². The first-order valence-electron chi connectivity index (χ1n) is 8.66. The number of benzene rings is 2.